The number of carboxylic acid groups (broad SMARTS) is 1. The van der Waals surface area contributed by atoms with Crippen molar-refractivity contribution in [2.75, 3.05) is 6.61 Å². The maximum atomic E-state index is 10.6. The molecule has 2 aliphatic rings. The van der Waals surface area contributed by atoms with Crippen LogP contribution in [0.4, 0.5) is 0 Å². The first-order chi connectivity index (χ1) is 10.1. The van der Waals surface area contributed by atoms with E-state index < -0.39 is 5.97 Å². The predicted octanol–water partition coefficient (Wildman–Crippen LogP) is 3.33. The number of carbonyl (C=O) groups is 1. The van der Waals surface area contributed by atoms with Crippen LogP contribution in [0.3, 0.4) is 0 Å². The van der Waals surface area contributed by atoms with Crippen molar-refractivity contribution in [1.82, 2.24) is 0 Å². The molecule has 0 aromatic rings. The number of rotatable bonds is 7. The van der Waals surface area contributed by atoms with E-state index in [1.165, 1.54) is 51.4 Å². The zero-order valence-electron chi connectivity index (χ0n) is 13.1. The zero-order valence-corrected chi connectivity index (χ0v) is 13.1. The third-order valence-corrected chi connectivity index (χ3v) is 5.17. The lowest BCUT2D eigenvalue weighted by Gasteiger charge is -2.32. The van der Waals surface area contributed by atoms with E-state index in [-0.39, 0.29) is 12.5 Å². The second-order valence-corrected chi connectivity index (χ2v) is 7.07. The monoisotopic (exact) mass is 297 g/mol. The van der Waals surface area contributed by atoms with E-state index in [1.54, 1.807) is 0 Å². The summed E-state index contributed by atoms with van der Waals surface area (Å²) in [4.78, 5) is 10.6. The van der Waals surface area contributed by atoms with Crippen molar-refractivity contribution >= 4 is 5.97 Å². The lowest BCUT2D eigenvalue weighted by molar-refractivity contribution is -0.137. The van der Waals surface area contributed by atoms with Gasteiger partial charge in [0, 0.05) is 6.04 Å². The van der Waals surface area contributed by atoms with Crippen LogP contribution in [0.1, 0.15) is 70.6 Å². The minimum atomic E-state index is -0.845. The van der Waals surface area contributed by atoms with Crippen molar-refractivity contribution in [2.45, 2.75) is 82.8 Å². The zero-order chi connectivity index (χ0) is 15.1. The van der Waals surface area contributed by atoms with Gasteiger partial charge in [0.25, 0.3) is 0 Å². The average Bonchev–Trinajstić information content (AvgIpc) is 2.47. The van der Waals surface area contributed by atoms with Crippen molar-refractivity contribution in [3.05, 3.63) is 0 Å². The van der Waals surface area contributed by atoms with Crippen LogP contribution in [0.15, 0.2) is 0 Å². The molecule has 1 atom stereocenters. The van der Waals surface area contributed by atoms with E-state index in [0.29, 0.717) is 12.7 Å². The van der Waals surface area contributed by atoms with Gasteiger partial charge >= 0.3 is 5.97 Å². The molecule has 0 aliphatic heterocycles. The van der Waals surface area contributed by atoms with Crippen molar-refractivity contribution in [2.24, 2.45) is 17.6 Å². The maximum Gasteiger partial charge on any atom is 0.305 e. The van der Waals surface area contributed by atoms with Crippen LogP contribution in [0.2, 0.25) is 0 Å². The summed E-state index contributed by atoms with van der Waals surface area (Å²) in [5.41, 5.74) is 5.74. The molecule has 0 saturated heterocycles. The first kappa shape index (κ1) is 16.8. The van der Waals surface area contributed by atoms with E-state index in [9.17, 15) is 4.79 Å². The van der Waals surface area contributed by atoms with Gasteiger partial charge in [-0.25, -0.2) is 0 Å². The van der Waals surface area contributed by atoms with Gasteiger partial charge < -0.3 is 15.6 Å². The van der Waals surface area contributed by atoms with Crippen LogP contribution < -0.4 is 5.73 Å². The maximum absolute atomic E-state index is 10.6. The highest BCUT2D eigenvalue weighted by molar-refractivity contribution is 5.67. The third-order valence-electron chi connectivity index (χ3n) is 5.17. The molecule has 0 aromatic heterocycles. The van der Waals surface area contributed by atoms with E-state index in [2.05, 4.69) is 0 Å². The van der Waals surface area contributed by atoms with Crippen LogP contribution in [0.25, 0.3) is 0 Å². The molecular weight excluding hydrogens is 266 g/mol. The Morgan fingerprint density at radius 2 is 1.67 bits per heavy atom. The fraction of sp³-hybridized carbons (Fsp3) is 0.941. The fourth-order valence-corrected chi connectivity index (χ4v) is 3.97. The van der Waals surface area contributed by atoms with Gasteiger partial charge in [-0.1, -0.05) is 32.1 Å². The fourth-order valence-electron chi connectivity index (χ4n) is 3.97. The van der Waals surface area contributed by atoms with Crippen LogP contribution in [-0.4, -0.2) is 29.8 Å². The molecule has 4 heteroatoms. The second kappa shape index (κ2) is 8.74. The number of nitrogens with two attached hydrogens (primary N) is 1. The summed E-state index contributed by atoms with van der Waals surface area (Å²) in [5, 5.41) is 8.68. The largest absolute Gasteiger partial charge is 0.481 e. The summed E-state index contributed by atoms with van der Waals surface area (Å²) >= 11 is 0. The van der Waals surface area contributed by atoms with Gasteiger partial charge in [-0.15, -0.1) is 0 Å². The topological polar surface area (TPSA) is 72.5 Å². The Kier molecular flexibility index (Phi) is 6.97. The van der Waals surface area contributed by atoms with Gasteiger partial charge in [0.15, 0.2) is 0 Å². The van der Waals surface area contributed by atoms with Crippen molar-refractivity contribution in [3.8, 4) is 0 Å². The van der Waals surface area contributed by atoms with E-state index in [0.717, 1.165) is 24.7 Å². The molecule has 2 rings (SSSR count). The van der Waals surface area contributed by atoms with Crippen LogP contribution >= 0.6 is 0 Å². The first-order valence-corrected chi connectivity index (χ1v) is 8.72. The molecular formula is C17H31NO3. The van der Waals surface area contributed by atoms with Gasteiger partial charge in [-0.3, -0.25) is 4.79 Å². The Morgan fingerprint density at radius 1 is 1.05 bits per heavy atom. The molecule has 0 bridgehead atoms. The van der Waals surface area contributed by atoms with Gasteiger partial charge in [-0.05, 0) is 43.9 Å². The summed E-state index contributed by atoms with van der Waals surface area (Å²) in [6.45, 7) is 0.379. The molecule has 3 N–H and O–H groups in total. The van der Waals surface area contributed by atoms with Crippen LogP contribution in [0, 0.1) is 11.8 Å². The molecule has 4 nitrogen and oxygen atoms in total. The molecule has 122 valence electrons. The van der Waals surface area contributed by atoms with Gasteiger partial charge in [-0.2, -0.15) is 0 Å². The normalized spacial score (nSPS) is 29.2. The number of hydrogen-bond donors (Lipinski definition) is 2. The van der Waals surface area contributed by atoms with Crippen molar-refractivity contribution in [3.63, 3.8) is 0 Å². The Morgan fingerprint density at radius 3 is 2.29 bits per heavy atom. The Bertz CT molecular complexity index is 307. The van der Waals surface area contributed by atoms with Gasteiger partial charge in [0.05, 0.1) is 19.1 Å². The lowest BCUT2D eigenvalue weighted by atomic mass is 9.77. The number of ether oxygens (including phenoxy) is 1. The molecule has 2 aliphatic carbocycles. The molecule has 0 amide bonds. The van der Waals surface area contributed by atoms with Crippen LogP contribution in [-0.2, 0) is 9.53 Å². The molecule has 2 saturated carbocycles. The predicted molar refractivity (Wildman–Crippen MR) is 83.1 cm³/mol. The summed E-state index contributed by atoms with van der Waals surface area (Å²) in [6, 6.07) is -0.373. The molecule has 0 aromatic carbocycles. The minimum Gasteiger partial charge on any atom is -0.481 e. The molecule has 0 heterocycles. The molecule has 21 heavy (non-hydrogen) atoms. The van der Waals surface area contributed by atoms with Crippen molar-refractivity contribution < 1.29 is 14.6 Å². The van der Waals surface area contributed by atoms with Gasteiger partial charge in [0.2, 0.25) is 0 Å². The summed E-state index contributed by atoms with van der Waals surface area (Å²) in [7, 11) is 0. The smallest absolute Gasteiger partial charge is 0.305 e. The standard InChI is InChI=1S/C17H31NO3/c18-15(11-17(19)20)12-21-16-8-6-14(7-9-16)10-13-4-2-1-3-5-13/h13-16H,1-12,18H2,(H,19,20). The quantitative estimate of drug-likeness (QED) is 0.756. The second-order valence-electron chi connectivity index (χ2n) is 7.07. The summed E-state index contributed by atoms with van der Waals surface area (Å²) in [6.07, 6.45) is 13.7. The van der Waals surface area contributed by atoms with Crippen LogP contribution in [0.5, 0.6) is 0 Å². The highest BCUT2D eigenvalue weighted by atomic mass is 16.5. The van der Waals surface area contributed by atoms with E-state index in [1.807, 2.05) is 0 Å². The number of hydrogen-bond acceptors (Lipinski definition) is 3. The van der Waals surface area contributed by atoms with Crippen molar-refractivity contribution in [1.29, 1.82) is 0 Å². The third kappa shape index (κ3) is 6.35. The molecule has 0 radical (unpaired) electrons. The van der Waals surface area contributed by atoms with Gasteiger partial charge in [0.1, 0.15) is 0 Å². The van der Waals surface area contributed by atoms with E-state index >= 15 is 0 Å². The van der Waals surface area contributed by atoms with E-state index in [4.69, 9.17) is 15.6 Å². The summed E-state index contributed by atoms with van der Waals surface area (Å²) in [5.74, 6) is 1.02. The SMILES string of the molecule is NC(COC1CCC(CC2CCCCC2)CC1)CC(=O)O. The minimum absolute atomic E-state index is 0.00295. The molecule has 2 fully saturated rings. The Balaban J connectivity index is 1.58. The number of carboxylic acids is 1. The highest BCUT2D eigenvalue weighted by Gasteiger charge is 2.25. The Hall–Kier alpha value is -0.610. The summed E-state index contributed by atoms with van der Waals surface area (Å²) < 4.78 is 5.80. The lowest BCUT2D eigenvalue weighted by Crippen LogP contribution is -2.32. The molecule has 1 unspecified atom stereocenters. The highest BCUT2D eigenvalue weighted by Crippen LogP contribution is 2.35. The molecule has 0 spiro atoms. The average molecular weight is 297 g/mol. The first-order valence-electron chi connectivity index (χ1n) is 8.72. The number of aliphatic carboxylic acids is 1. The Labute approximate surface area is 128 Å².